The molecule has 2 aliphatic heterocycles. The van der Waals surface area contributed by atoms with Gasteiger partial charge in [-0.15, -0.1) is 0 Å². The molecule has 2 aromatic rings. The van der Waals surface area contributed by atoms with Crippen molar-refractivity contribution in [1.29, 1.82) is 0 Å². The Morgan fingerprint density at radius 1 is 1.03 bits per heavy atom. The number of amides is 3. The Morgan fingerprint density at radius 2 is 1.60 bits per heavy atom. The molecule has 8 heteroatoms. The molecule has 186 valence electrons. The Kier molecular flexibility index (Phi) is 7.21. The van der Waals surface area contributed by atoms with Gasteiger partial charge in [0.2, 0.25) is 5.91 Å². The number of hydrogen-bond acceptors (Lipinski definition) is 4. The van der Waals surface area contributed by atoms with Crippen molar-refractivity contribution in [3.63, 3.8) is 0 Å². The number of carbonyl (C=O) groups excluding carboxylic acids is 3. The third-order valence-electron chi connectivity index (χ3n) is 7.00. The van der Waals surface area contributed by atoms with Crippen LogP contribution in [0.1, 0.15) is 59.4 Å². The number of benzene rings is 2. The zero-order chi connectivity index (χ0) is 25.2. The average Bonchev–Trinajstić information content (AvgIpc) is 3.23. The van der Waals surface area contributed by atoms with E-state index in [0.717, 1.165) is 12.0 Å². The van der Waals surface area contributed by atoms with Crippen molar-refractivity contribution in [2.45, 2.75) is 57.8 Å². The van der Waals surface area contributed by atoms with Gasteiger partial charge in [0.15, 0.2) is 0 Å². The van der Waals surface area contributed by atoms with Crippen LogP contribution in [0.25, 0.3) is 0 Å². The average molecular weight is 482 g/mol. The molecule has 2 saturated heterocycles. The molecule has 0 unspecified atom stereocenters. The second-order valence-corrected chi connectivity index (χ2v) is 9.43. The number of hydrogen-bond donors (Lipinski definition) is 1. The molecule has 0 bridgehead atoms. The topological polar surface area (TPSA) is 79.0 Å². The molecule has 0 aromatic heterocycles. The number of nitrogens with zero attached hydrogens (tertiary/aromatic N) is 2. The third-order valence-corrected chi connectivity index (χ3v) is 7.00. The van der Waals surface area contributed by atoms with Crippen LogP contribution in [0.15, 0.2) is 48.5 Å². The van der Waals surface area contributed by atoms with Gasteiger partial charge >= 0.3 is 0 Å². The van der Waals surface area contributed by atoms with Crippen LogP contribution in [0.2, 0.25) is 0 Å². The van der Waals surface area contributed by atoms with Gasteiger partial charge in [-0.2, -0.15) is 0 Å². The summed E-state index contributed by atoms with van der Waals surface area (Å²) in [5.41, 5.74) is 0.964. The fourth-order valence-electron chi connectivity index (χ4n) is 4.68. The number of likely N-dealkylation sites (tertiary alicyclic amines) is 1. The summed E-state index contributed by atoms with van der Waals surface area (Å²) in [7, 11) is 0. The third kappa shape index (κ3) is 5.07. The minimum absolute atomic E-state index is 0.0226. The lowest BCUT2D eigenvalue weighted by molar-refractivity contribution is -0.128. The number of nitrogens with one attached hydrogen (secondary N) is 1. The predicted octanol–water partition coefficient (Wildman–Crippen LogP) is 3.52. The number of ether oxygens (including phenoxy) is 1. The Bertz CT molecular complexity index is 1080. The molecule has 2 aliphatic rings. The molecular weight excluding hydrogens is 449 g/mol. The zero-order valence-electron chi connectivity index (χ0n) is 20.4. The molecule has 7 nitrogen and oxygen atoms in total. The molecule has 3 amide bonds. The summed E-state index contributed by atoms with van der Waals surface area (Å²) in [6.45, 7) is 6.67. The highest BCUT2D eigenvalue weighted by Crippen LogP contribution is 2.39. The number of carbonyl (C=O) groups is 3. The highest BCUT2D eigenvalue weighted by molar-refractivity contribution is 5.98. The normalized spacial score (nSPS) is 20.1. The zero-order valence-corrected chi connectivity index (χ0v) is 20.4. The van der Waals surface area contributed by atoms with E-state index in [9.17, 15) is 18.8 Å². The van der Waals surface area contributed by atoms with Gasteiger partial charge in [-0.05, 0) is 56.7 Å². The summed E-state index contributed by atoms with van der Waals surface area (Å²) in [6.07, 6.45) is 1.53. The number of halogens is 1. The number of aryl methyl sites for hydroxylation is 1. The molecule has 0 radical (unpaired) electrons. The summed E-state index contributed by atoms with van der Waals surface area (Å²) >= 11 is 0. The Hall–Kier alpha value is -3.26. The molecule has 0 aliphatic carbocycles. The van der Waals surface area contributed by atoms with Gasteiger partial charge in [0.1, 0.15) is 17.6 Å². The van der Waals surface area contributed by atoms with Gasteiger partial charge in [0.25, 0.3) is 11.8 Å². The molecule has 2 fully saturated rings. The van der Waals surface area contributed by atoms with Crippen molar-refractivity contribution >= 4 is 17.7 Å². The van der Waals surface area contributed by atoms with Crippen molar-refractivity contribution < 1.29 is 23.5 Å². The van der Waals surface area contributed by atoms with E-state index in [1.54, 1.807) is 21.9 Å². The molecule has 0 saturated carbocycles. The van der Waals surface area contributed by atoms with E-state index in [1.807, 2.05) is 32.9 Å². The first kappa shape index (κ1) is 24.9. The minimum Gasteiger partial charge on any atom is -0.353 e. The Balaban J connectivity index is 1.57. The van der Waals surface area contributed by atoms with Crippen LogP contribution < -0.4 is 5.32 Å². The SMILES string of the molecule is CC[C@H](C)NC(=O)[C@@H]1COC2(CCN(C(=O)c3ccc(F)cc3)CC2)N1C(=O)c1ccc(C)cc1. The molecule has 1 N–H and O–H groups in total. The van der Waals surface area contributed by atoms with Crippen LogP contribution in [-0.4, -0.2) is 65.0 Å². The highest BCUT2D eigenvalue weighted by Gasteiger charge is 2.54. The Labute approximate surface area is 205 Å². The largest absolute Gasteiger partial charge is 0.353 e. The standard InChI is InChI=1S/C27H32FN3O4/c1-4-19(3)29-24(32)23-17-35-27(31(23)26(34)21-7-5-18(2)6-8-21)13-15-30(16-14-27)25(33)20-9-11-22(28)12-10-20/h5-12,19,23H,4,13-17H2,1-3H3,(H,29,32)/t19-,23-/m0/s1. The minimum atomic E-state index is -0.973. The van der Waals surface area contributed by atoms with Gasteiger partial charge < -0.3 is 15.0 Å². The lowest BCUT2D eigenvalue weighted by Gasteiger charge is -2.44. The van der Waals surface area contributed by atoms with Crippen molar-refractivity contribution in [3.8, 4) is 0 Å². The number of rotatable bonds is 5. The van der Waals surface area contributed by atoms with E-state index < -0.39 is 17.6 Å². The van der Waals surface area contributed by atoms with Crippen LogP contribution in [-0.2, 0) is 9.53 Å². The molecule has 35 heavy (non-hydrogen) atoms. The van der Waals surface area contributed by atoms with Crippen LogP contribution in [0.3, 0.4) is 0 Å². The predicted molar refractivity (Wildman–Crippen MR) is 129 cm³/mol. The quantitative estimate of drug-likeness (QED) is 0.709. The van der Waals surface area contributed by atoms with Crippen LogP contribution in [0.4, 0.5) is 4.39 Å². The summed E-state index contributed by atoms with van der Waals surface area (Å²) in [5.74, 6) is -1.09. The maximum atomic E-state index is 13.7. The molecule has 1 spiro atoms. The fourth-order valence-corrected chi connectivity index (χ4v) is 4.68. The fraction of sp³-hybridized carbons (Fsp3) is 0.444. The van der Waals surface area contributed by atoms with Gasteiger partial charge in [0.05, 0.1) is 6.61 Å². The molecule has 4 rings (SSSR count). The first-order chi connectivity index (χ1) is 16.7. The van der Waals surface area contributed by atoms with Crippen LogP contribution >= 0.6 is 0 Å². The summed E-state index contributed by atoms with van der Waals surface area (Å²) < 4.78 is 19.5. The van der Waals surface area contributed by atoms with Crippen molar-refractivity contribution in [2.75, 3.05) is 19.7 Å². The summed E-state index contributed by atoms with van der Waals surface area (Å²) in [5, 5.41) is 2.98. The van der Waals surface area contributed by atoms with E-state index in [-0.39, 0.29) is 30.4 Å². The van der Waals surface area contributed by atoms with Gasteiger partial charge in [0, 0.05) is 43.1 Å². The lowest BCUT2D eigenvalue weighted by Crippen LogP contribution is -2.60. The second-order valence-electron chi connectivity index (χ2n) is 9.43. The maximum absolute atomic E-state index is 13.7. The van der Waals surface area contributed by atoms with Gasteiger partial charge in [-0.3, -0.25) is 19.3 Å². The van der Waals surface area contributed by atoms with Crippen molar-refractivity contribution in [3.05, 3.63) is 71.0 Å². The molecule has 2 heterocycles. The molecular formula is C27H32FN3O4. The highest BCUT2D eigenvalue weighted by atomic mass is 19.1. The van der Waals surface area contributed by atoms with E-state index in [0.29, 0.717) is 37.1 Å². The monoisotopic (exact) mass is 481 g/mol. The first-order valence-electron chi connectivity index (χ1n) is 12.1. The Morgan fingerprint density at radius 3 is 2.20 bits per heavy atom. The summed E-state index contributed by atoms with van der Waals surface area (Å²) in [6, 6.07) is 12.0. The summed E-state index contributed by atoms with van der Waals surface area (Å²) in [4.78, 5) is 43.1. The van der Waals surface area contributed by atoms with E-state index in [2.05, 4.69) is 5.32 Å². The van der Waals surface area contributed by atoms with Gasteiger partial charge in [-0.1, -0.05) is 24.6 Å². The van der Waals surface area contributed by atoms with E-state index in [1.165, 1.54) is 24.3 Å². The molecule has 2 aromatic carbocycles. The molecule has 2 atom stereocenters. The van der Waals surface area contributed by atoms with E-state index in [4.69, 9.17) is 4.74 Å². The van der Waals surface area contributed by atoms with Crippen molar-refractivity contribution in [1.82, 2.24) is 15.1 Å². The smallest absolute Gasteiger partial charge is 0.256 e. The number of piperidine rings is 1. The maximum Gasteiger partial charge on any atom is 0.256 e. The van der Waals surface area contributed by atoms with Crippen LogP contribution in [0, 0.1) is 12.7 Å². The van der Waals surface area contributed by atoms with Crippen LogP contribution in [0.5, 0.6) is 0 Å². The lowest BCUT2D eigenvalue weighted by atomic mass is 9.96. The second kappa shape index (κ2) is 10.2. The first-order valence-corrected chi connectivity index (χ1v) is 12.1. The van der Waals surface area contributed by atoms with Crippen molar-refractivity contribution in [2.24, 2.45) is 0 Å². The van der Waals surface area contributed by atoms with E-state index >= 15 is 0 Å². The van der Waals surface area contributed by atoms with Gasteiger partial charge in [-0.25, -0.2) is 4.39 Å².